The van der Waals surface area contributed by atoms with Crippen molar-refractivity contribution in [1.82, 2.24) is 10.2 Å². The third kappa shape index (κ3) is 9.61. The zero-order valence-corrected chi connectivity index (χ0v) is 13.0. The number of rotatable bonds is 10. The third-order valence-corrected chi connectivity index (χ3v) is 2.89. The Bertz CT molecular complexity index is 170. The average Bonchev–Trinajstić information content (AvgIpc) is 2.16. The van der Waals surface area contributed by atoms with E-state index in [1.54, 1.807) is 0 Å². The summed E-state index contributed by atoms with van der Waals surface area (Å²) in [5.74, 6) is 0.744. The van der Waals surface area contributed by atoms with Gasteiger partial charge in [-0.2, -0.15) is 0 Å². The Hall–Kier alpha value is -0.0800. The van der Waals surface area contributed by atoms with Gasteiger partial charge in [0.05, 0.1) is 0 Å². The molecule has 0 aromatic heterocycles. The quantitative estimate of drug-likeness (QED) is 0.632. The molecule has 2 heteroatoms. The summed E-state index contributed by atoms with van der Waals surface area (Å²) in [6, 6.07) is 0. The fraction of sp³-hybridized carbons (Fsp3) is 1.00. The summed E-state index contributed by atoms with van der Waals surface area (Å²) in [6.07, 6.45) is 2.52. The lowest BCUT2D eigenvalue weighted by Crippen LogP contribution is -2.41. The van der Waals surface area contributed by atoms with Gasteiger partial charge in [-0.05, 0) is 43.8 Å². The van der Waals surface area contributed by atoms with Crippen molar-refractivity contribution in [2.24, 2.45) is 11.3 Å². The van der Waals surface area contributed by atoms with E-state index in [0.29, 0.717) is 5.41 Å². The van der Waals surface area contributed by atoms with Crippen molar-refractivity contribution in [3.8, 4) is 0 Å². The molecule has 0 aliphatic rings. The molecule has 104 valence electrons. The van der Waals surface area contributed by atoms with Crippen LogP contribution in [0.3, 0.4) is 0 Å². The maximum Gasteiger partial charge on any atom is 0.00448 e. The normalized spacial score (nSPS) is 12.7. The van der Waals surface area contributed by atoms with Crippen molar-refractivity contribution in [3.63, 3.8) is 0 Å². The van der Waals surface area contributed by atoms with Crippen molar-refractivity contribution >= 4 is 0 Å². The Morgan fingerprint density at radius 2 is 1.59 bits per heavy atom. The van der Waals surface area contributed by atoms with Crippen LogP contribution < -0.4 is 5.32 Å². The van der Waals surface area contributed by atoms with Gasteiger partial charge in [0.2, 0.25) is 0 Å². The fourth-order valence-electron chi connectivity index (χ4n) is 2.26. The third-order valence-electron chi connectivity index (χ3n) is 2.89. The Kier molecular flexibility index (Phi) is 8.89. The summed E-state index contributed by atoms with van der Waals surface area (Å²) < 4.78 is 0. The van der Waals surface area contributed by atoms with E-state index >= 15 is 0 Å². The Morgan fingerprint density at radius 3 is 2.00 bits per heavy atom. The monoisotopic (exact) mass is 242 g/mol. The molecule has 0 spiro atoms. The maximum absolute atomic E-state index is 3.59. The molecule has 0 rings (SSSR count). The molecule has 0 bridgehead atoms. The van der Waals surface area contributed by atoms with Crippen LogP contribution in [-0.4, -0.2) is 37.6 Å². The zero-order valence-electron chi connectivity index (χ0n) is 13.0. The molecule has 0 fully saturated rings. The average molecular weight is 242 g/mol. The summed E-state index contributed by atoms with van der Waals surface area (Å²) in [5.41, 5.74) is 0.374. The smallest absolute Gasteiger partial charge is 0.00448 e. The van der Waals surface area contributed by atoms with Gasteiger partial charge in [0.1, 0.15) is 0 Å². The van der Waals surface area contributed by atoms with Gasteiger partial charge in [-0.15, -0.1) is 0 Å². The van der Waals surface area contributed by atoms with Gasteiger partial charge in [0.15, 0.2) is 0 Å². The van der Waals surface area contributed by atoms with Crippen LogP contribution in [-0.2, 0) is 0 Å². The van der Waals surface area contributed by atoms with Gasteiger partial charge >= 0.3 is 0 Å². The van der Waals surface area contributed by atoms with E-state index in [4.69, 9.17) is 0 Å². The topological polar surface area (TPSA) is 15.3 Å². The summed E-state index contributed by atoms with van der Waals surface area (Å²) in [5, 5.41) is 3.59. The molecular weight excluding hydrogens is 208 g/mol. The first kappa shape index (κ1) is 16.9. The molecule has 0 saturated heterocycles. The summed E-state index contributed by atoms with van der Waals surface area (Å²) in [4.78, 5) is 2.61. The lowest BCUT2D eigenvalue weighted by molar-refractivity contribution is 0.173. The number of hydrogen-bond donors (Lipinski definition) is 1. The van der Waals surface area contributed by atoms with Crippen LogP contribution >= 0.6 is 0 Å². The lowest BCUT2D eigenvalue weighted by Gasteiger charge is -2.33. The number of nitrogens with zero attached hydrogens (tertiary/aromatic N) is 1. The van der Waals surface area contributed by atoms with E-state index in [1.807, 2.05) is 0 Å². The van der Waals surface area contributed by atoms with E-state index in [2.05, 4.69) is 51.8 Å². The van der Waals surface area contributed by atoms with Crippen LogP contribution in [0.5, 0.6) is 0 Å². The first-order valence-corrected chi connectivity index (χ1v) is 7.34. The van der Waals surface area contributed by atoms with Crippen LogP contribution in [0.4, 0.5) is 0 Å². The molecule has 0 aromatic rings. The van der Waals surface area contributed by atoms with Gasteiger partial charge in [-0.3, -0.25) is 0 Å². The van der Waals surface area contributed by atoms with Crippen LogP contribution in [0, 0.1) is 11.3 Å². The lowest BCUT2D eigenvalue weighted by atomic mass is 9.92. The minimum absolute atomic E-state index is 0.374. The summed E-state index contributed by atoms with van der Waals surface area (Å²) >= 11 is 0. The van der Waals surface area contributed by atoms with Crippen molar-refractivity contribution in [3.05, 3.63) is 0 Å². The van der Waals surface area contributed by atoms with Gasteiger partial charge in [0.25, 0.3) is 0 Å². The van der Waals surface area contributed by atoms with Crippen LogP contribution in [0.1, 0.15) is 54.4 Å². The predicted octanol–water partition coefficient (Wildman–Crippen LogP) is 3.38. The van der Waals surface area contributed by atoms with Crippen molar-refractivity contribution in [2.75, 3.05) is 32.7 Å². The Morgan fingerprint density at radius 1 is 1.06 bits per heavy atom. The molecule has 0 amide bonds. The second-order valence-corrected chi connectivity index (χ2v) is 6.47. The molecule has 0 aliphatic carbocycles. The molecular formula is C15H34N2. The second-order valence-electron chi connectivity index (χ2n) is 6.47. The summed E-state index contributed by atoms with van der Waals surface area (Å²) in [6.45, 7) is 19.8. The number of hydrogen-bond acceptors (Lipinski definition) is 2. The van der Waals surface area contributed by atoms with Gasteiger partial charge < -0.3 is 10.2 Å². The first-order chi connectivity index (χ1) is 7.91. The largest absolute Gasteiger partial charge is 0.316 e. The molecule has 0 radical (unpaired) electrons. The molecule has 0 aromatic carbocycles. The molecule has 0 heterocycles. The summed E-state index contributed by atoms with van der Waals surface area (Å²) in [7, 11) is 0. The molecule has 0 aliphatic heterocycles. The van der Waals surface area contributed by atoms with Crippen LogP contribution in [0.15, 0.2) is 0 Å². The Balaban J connectivity index is 4.00. The SMILES string of the molecule is CCCN(CCC)CC(C)(C)CNCC(C)C. The highest BCUT2D eigenvalue weighted by Crippen LogP contribution is 2.16. The van der Waals surface area contributed by atoms with Gasteiger partial charge in [-0.25, -0.2) is 0 Å². The highest BCUT2D eigenvalue weighted by atomic mass is 15.1. The zero-order chi connectivity index (χ0) is 13.3. The highest BCUT2D eigenvalue weighted by Gasteiger charge is 2.20. The van der Waals surface area contributed by atoms with E-state index in [1.165, 1.54) is 32.5 Å². The first-order valence-electron chi connectivity index (χ1n) is 7.34. The van der Waals surface area contributed by atoms with E-state index in [-0.39, 0.29) is 0 Å². The minimum atomic E-state index is 0.374. The van der Waals surface area contributed by atoms with E-state index < -0.39 is 0 Å². The maximum atomic E-state index is 3.59. The molecule has 0 atom stereocenters. The van der Waals surface area contributed by atoms with Crippen LogP contribution in [0.25, 0.3) is 0 Å². The van der Waals surface area contributed by atoms with Crippen LogP contribution in [0.2, 0.25) is 0 Å². The standard InChI is InChI=1S/C15H34N2/c1-7-9-17(10-8-2)13-15(5,6)12-16-11-14(3)4/h14,16H,7-13H2,1-6H3. The van der Waals surface area contributed by atoms with E-state index in [9.17, 15) is 0 Å². The fourth-order valence-corrected chi connectivity index (χ4v) is 2.26. The van der Waals surface area contributed by atoms with Crippen molar-refractivity contribution in [1.29, 1.82) is 0 Å². The second kappa shape index (κ2) is 8.93. The van der Waals surface area contributed by atoms with Crippen molar-refractivity contribution in [2.45, 2.75) is 54.4 Å². The minimum Gasteiger partial charge on any atom is -0.316 e. The number of nitrogens with one attached hydrogen (secondary N) is 1. The molecule has 17 heavy (non-hydrogen) atoms. The highest BCUT2D eigenvalue weighted by molar-refractivity contribution is 4.76. The molecule has 2 nitrogen and oxygen atoms in total. The van der Waals surface area contributed by atoms with E-state index in [0.717, 1.165) is 19.0 Å². The molecule has 0 saturated carbocycles. The van der Waals surface area contributed by atoms with Gasteiger partial charge in [-0.1, -0.05) is 41.5 Å². The Labute approximate surface area is 109 Å². The molecule has 1 N–H and O–H groups in total. The predicted molar refractivity (Wildman–Crippen MR) is 78.5 cm³/mol. The van der Waals surface area contributed by atoms with Gasteiger partial charge in [0, 0.05) is 13.1 Å². The molecule has 0 unspecified atom stereocenters. The van der Waals surface area contributed by atoms with Crippen molar-refractivity contribution < 1.29 is 0 Å².